The Morgan fingerprint density at radius 2 is 1.76 bits per heavy atom. The van der Waals surface area contributed by atoms with Crippen LogP contribution in [-0.4, -0.2) is 37.3 Å². The Labute approximate surface area is 195 Å². The lowest BCUT2D eigenvalue weighted by Gasteiger charge is -2.11. The van der Waals surface area contributed by atoms with Gasteiger partial charge in [-0.25, -0.2) is 15.0 Å². The third kappa shape index (κ3) is 3.67. The van der Waals surface area contributed by atoms with Gasteiger partial charge in [0.25, 0.3) is 5.56 Å². The molecule has 0 amide bonds. The molecular weight excluding hydrogens is 438 g/mol. The molecule has 0 atom stereocenters. The topological polar surface area (TPSA) is 74.8 Å². The van der Waals surface area contributed by atoms with Gasteiger partial charge in [-0.3, -0.25) is 13.9 Å². The van der Waals surface area contributed by atoms with Gasteiger partial charge in [0, 0.05) is 24.8 Å². The number of nitrogens with zero attached hydrogens (tertiary/aromatic N) is 5. The van der Waals surface area contributed by atoms with E-state index in [9.17, 15) is 4.79 Å². The third-order valence-corrected chi connectivity index (χ3v) is 6.25. The highest BCUT2D eigenvalue weighted by Gasteiger charge is 2.22. The van der Waals surface area contributed by atoms with Gasteiger partial charge in [0.1, 0.15) is 16.7 Å². The smallest absolute Gasteiger partial charge is 0.265 e. The van der Waals surface area contributed by atoms with Gasteiger partial charge in [-0.05, 0) is 57.0 Å². The Balaban J connectivity index is 1.84. The summed E-state index contributed by atoms with van der Waals surface area (Å²) in [5, 5.41) is 1.10. The number of ether oxygens (including phenoxy) is 1. The first kappa shape index (κ1) is 21.6. The fraction of sp³-hybridized carbons (Fsp3) is 0.280. The summed E-state index contributed by atoms with van der Waals surface area (Å²) in [6.07, 6.45) is 0.725. The third-order valence-electron chi connectivity index (χ3n) is 5.84. The molecule has 0 spiro atoms. The lowest BCUT2D eigenvalue weighted by atomic mass is 10.2. The summed E-state index contributed by atoms with van der Waals surface area (Å²) >= 11 is 6.45. The van der Waals surface area contributed by atoms with Crippen molar-refractivity contribution in [1.82, 2.24) is 24.1 Å². The maximum absolute atomic E-state index is 13.7. The van der Waals surface area contributed by atoms with Crippen molar-refractivity contribution in [1.29, 1.82) is 0 Å². The summed E-state index contributed by atoms with van der Waals surface area (Å²) in [6.45, 7) is 7.53. The number of para-hydroxylation sites is 2. The number of hydrogen-bond donors (Lipinski definition) is 0. The standard InChI is InChI=1S/C25H24ClN5O2/c1-4-33-13-7-12-30-16(3)27-23-21(25(30)32)22-24(29-20-9-6-5-8-19(20)28-22)31(23)17-11-10-15(2)18(26)14-17/h5-6,8-11,14H,4,7,12-13H2,1-3H3. The van der Waals surface area contributed by atoms with E-state index in [-0.39, 0.29) is 5.56 Å². The molecule has 3 heterocycles. The molecule has 2 aromatic carbocycles. The average Bonchev–Trinajstić information content (AvgIpc) is 3.11. The Morgan fingerprint density at radius 3 is 2.48 bits per heavy atom. The van der Waals surface area contributed by atoms with E-state index in [2.05, 4.69) is 0 Å². The van der Waals surface area contributed by atoms with Crippen LogP contribution in [0.1, 0.15) is 24.7 Å². The summed E-state index contributed by atoms with van der Waals surface area (Å²) in [5.74, 6) is 0.635. The molecule has 0 radical (unpaired) electrons. The van der Waals surface area contributed by atoms with Gasteiger partial charge in [0.15, 0.2) is 11.3 Å². The molecule has 7 nitrogen and oxygen atoms in total. The van der Waals surface area contributed by atoms with E-state index < -0.39 is 0 Å². The summed E-state index contributed by atoms with van der Waals surface area (Å²) in [5.41, 5.74) is 4.77. The molecule has 0 aliphatic rings. The van der Waals surface area contributed by atoms with Crippen molar-refractivity contribution in [3.8, 4) is 5.69 Å². The largest absolute Gasteiger partial charge is 0.382 e. The van der Waals surface area contributed by atoms with Crippen molar-refractivity contribution in [3.63, 3.8) is 0 Å². The molecule has 0 fully saturated rings. The monoisotopic (exact) mass is 461 g/mol. The zero-order chi connectivity index (χ0) is 23.1. The molecule has 0 unspecified atom stereocenters. The summed E-state index contributed by atoms with van der Waals surface area (Å²) in [7, 11) is 0. The van der Waals surface area contributed by atoms with E-state index in [0.717, 1.165) is 28.7 Å². The molecule has 3 aromatic heterocycles. The van der Waals surface area contributed by atoms with E-state index in [1.165, 1.54) is 0 Å². The average molecular weight is 462 g/mol. The van der Waals surface area contributed by atoms with Crippen molar-refractivity contribution in [2.24, 2.45) is 0 Å². The minimum atomic E-state index is -0.125. The van der Waals surface area contributed by atoms with E-state index >= 15 is 0 Å². The Kier molecular flexibility index (Phi) is 5.60. The van der Waals surface area contributed by atoms with Crippen molar-refractivity contribution < 1.29 is 4.74 Å². The predicted molar refractivity (Wildman–Crippen MR) is 132 cm³/mol. The van der Waals surface area contributed by atoms with Crippen LogP contribution in [0.25, 0.3) is 38.9 Å². The predicted octanol–water partition coefficient (Wildman–Crippen LogP) is 4.98. The summed E-state index contributed by atoms with van der Waals surface area (Å²) in [4.78, 5) is 28.3. The molecule has 5 aromatic rings. The quantitative estimate of drug-likeness (QED) is 0.333. The SMILES string of the molecule is CCOCCCn1c(C)nc2c(c1=O)c1nc3ccccc3nc1n2-c1ccc(C)c(Cl)c1. The second kappa shape index (κ2) is 8.57. The maximum atomic E-state index is 13.7. The normalized spacial score (nSPS) is 11.8. The van der Waals surface area contributed by atoms with E-state index in [1.807, 2.05) is 67.8 Å². The summed E-state index contributed by atoms with van der Waals surface area (Å²) < 4.78 is 9.03. The van der Waals surface area contributed by atoms with Crippen LogP contribution >= 0.6 is 11.6 Å². The molecule has 0 bridgehead atoms. The first-order chi connectivity index (χ1) is 16.0. The van der Waals surface area contributed by atoms with Crippen molar-refractivity contribution in [2.45, 2.75) is 33.7 Å². The molecule has 5 rings (SSSR count). The zero-order valence-electron chi connectivity index (χ0n) is 18.8. The Hall–Kier alpha value is -3.29. The molecule has 33 heavy (non-hydrogen) atoms. The molecule has 8 heteroatoms. The number of hydrogen-bond acceptors (Lipinski definition) is 5. The number of aromatic nitrogens is 5. The second-order valence-electron chi connectivity index (χ2n) is 8.02. The molecule has 0 aliphatic heterocycles. The maximum Gasteiger partial charge on any atom is 0.265 e. The fourth-order valence-corrected chi connectivity index (χ4v) is 4.30. The van der Waals surface area contributed by atoms with Gasteiger partial charge >= 0.3 is 0 Å². The Morgan fingerprint density at radius 1 is 1.00 bits per heavy atom. The summed E-state index contributed by atoms with van der Waals surface area (Å²) in [6, 6.07) is 13.4. The first-order valence-electron chi connectivity index (χ1n) is 11.0. The molecule has 0 saturated carbocycles. The Bertz CT molecular complexity index is 1570. The highest BCUT2D eigenvalue weighted by Crippen LogP contribution is 2.30. The first-order valence-corrected chi connectivity index (χ1v) is 11.4. The molecular formula is C25H24ClN5O2. The van der Waals surface area contributed by atoms with Gasteiger partial charge in [0.05, 0.1) is 16.7 Å². The van der Waals surface area contributed by atoms with Crippen LogP contribution < -0.4 is 5.56 Å². The number of benzene rings is 2. The molecule has 168 valence electrons. The van der Waals surface area contributed by atoms with Crippen LogP contribution in [0.5, 0.6) is 0 Å². The van der Waals surface area contributed by atoms with Gasteiger partial charge in [-0.1, -0.05) is 29.8 Å². The highest BCUT2D eigenvalue weighted by atomic mass is 35.5. The number of aryl methyl sites for hydroxylation is 2. The fourth-order valence-electron chi connectivity index (χ4n) is 4.13. The number of fused-ring (bicyclic) bond motifs is 4. The van der Waals surface area contributed by atoms with E-state index in [4.69, 9.17) is 31.3 Å². The van der Waals surface area contributed by atoms with Crippen LogP contribution in [0.2, 0.25) is 5.02 Å². The molecule has 0 N–H and O–H groups in total. The molecule has 0 aliphatic carbocycles. The lowest BCUT2D eigenvalue weighted by Crippen LogP contribution is -2.24. The van der Waals surface area contributed by atoms with Crippen molar-refractivity contribution in [3.05, 3.63) is 69.2 Å². The van der Waals surface area contributed by atoms with Crippen molar-refractivity contribution >= 4 is 44.8 Å². The van der Waals surface area contributed by atoms with Crippen molar-refractivity contribution in [2.75, 3.05) is 13.2 Å². The number of rotatable bonds is 6. The zero-order valence-corrected chi connectivity index (χ0v) is 19.6. The van der Waals surface area contributed by atoms with Gasteiger partial charge in [0.2, 0.25) is 0 Å². The molecule has 0 saturated heterocycles. The number of halogens is 1. The van der Waals surface area contributed by atoms with Crippen LogP contribution in [-0.2, 0) is 11.3 Å². The second-order valence-corrected chi connectivity index (χ2v) is 8.43. The van der Waals surface area contributed by atoms with E-state index in [1.54, 1.807) is 4.57 Å². The van der Waals surface area contributed by atoms with Gasteiger partial charge in [-0.15, -0.1) is 0 Å². The van der Waals surface area contributed by atoms with Crippen LogP contribution in [0.15, 0.2) is 47.3 Å². The minimum Gasteiger partial charge on any atom is -0.382 e. The van der Waals surface area contributed by atoms with Crippen LogP contribution in [0, 0.1) is 13.8 Å². The van der Waals surface area contributed by atoms with Crippen LogP contribution in [0.3, 0.4) is 0 Å². The highest BCUT2D eigenvalue weighted by molar-refractivity contribution is 6.31. The lowest BCUT2D eigenvalue weighted by molar-refractivity contribution is 0.141. The van der Waals surface area contributed by atoms with E-state index in [0.29, 0.717) is 52.8 Å². The minimum absolute atomic E-state index is 0.125. The van der Waals surface area contributed by atoms with Gasteiger partial charge in [-0.2, -0.15) is 0 Å². The van der Waals surface area contributed by atoms with Gasteiger partial charge < -0.3 is 4.74 Å². The van der Waals surface area contributed by atoms with Crippen LogP contribution in [0.4, 0.5) is 0 Å².